The number of amides is 1. The van der Waals surface area contributed by atoms with Crippen molar-refractivity contribution in [3.05, 3.63) is 46.1 Å². The van der Waals surface area contributed by atoms with E-state index in [2.05, 4.69) is 5.32 Å². The lowest BCUT2D eigenvalue weighted by Gasteiger charge is -2.37. The van der Waals surface area contributed by atoms with Crippen LogP contribution in [0.5, 0.6) is 11.5 Å². The zero-order valence-corrected chi connectivity index (χ0v) is 23.1. The third kappa shape index (κ3) is 6.13. The van der Waals surface area contributed by atoms with Crippen molar-refractivity contribution in [3.8, 4) is 11.5 Å². The van der Waals surface area contributed by atoms with Crippen LogP contribution in [0.1, 0.15) is 58.6 Å². The molecule has 0 unspecified atom stereocenters. The van der Waals surface area contributed by atoms with E-state index in [1.54, 1.807) is 14.2 Å². The molecule has 9 nitrogen and oxygen atoms in total. The van der Waals surface area contributed by atoms with Gasteiger partial charge in [0.1, 0.15) is 5.60 Å². The van der Waals surface area contributed by atoms with Crippen molar-refractivity contribution in [1.82, 2.24) is 10.2 Å². The Morgan fingerprint density at radius 1 is 1.22 bits per heavy atom. The molecule has 3 heterocycles. The van der Waals surface area contributed by atoms with Gasteiger partial charge in [0.25, 0.3) is 0 Å². The van der Waals surface area contributed by atoms with Gasteiger partial charge >= 0.3 is 5.97 Å². The number of allylic oxidation sites excluding steroid dienone is 1. The van der Waals surface area contributed by atoms with Gasteiger partial charge in [-0.2, -0.15) is 0 Å². The summed E-state index contributed by atoms with van der Waals surface area (Å²) < 4.78 is 22.4. The summed E-state index contributed by atoms with van der Waals surface area (Å²) in [6, 6.07) is 4.99. The topological polar surface area (TPSA) is 98.7 Å². The number of hydrogen-bond donors (Lipinski definition) is 1. The number of aliphatic imine (C=N–C) groups is 1. The molecule has 0 spiro atoms. The molecule has 1 N–H and O–H groups in total. The molecule has 0 radical (unpaired) electrons. The molecule has 3 aliphatic rings. The average Bonchev–Trinajstić information content (AvgIpc) is 3.50. The number of hydrogen-bond acceptors (Lipinski definition) is 9. The molecule has 0 bridgehead atoms. The Kier molecular flexibility index (Phi) is 8.18. The van der Waals surface area contributed by atoms with Crippen molar-refractivity contribution in [2.75, 3.05) is 27.4 Å². The molecule has 2 atom stereocenters. The lowest BCUT2D eigenvalue weighted by atomic mass is 9.93. The van der Waals surface area contributed by atoms with Gasteiger partial charge in [-0.05, 0) is 63.6 Å². The number of amidine groups is 1. The van der Waals surface area contributed by atoms with Crippen LogP contribution >= 0.6 is 11.8 Å². The van der Waals surface area contributed by atoms with E-state index in [-0.39, 0.29) is 18.4 Å². The van der Waals surface area contributed by atoms with Crippen molar-refractivity contribution in [3.63, 3.8) is 0 Å². The van der Waals surface area contributed by atoms with Gasteiger partial charge in [0.2, 0.25) is 5.91 Å². The Balaban J connectivity index is 1.67. The highest BCUT2D eigenvalue weighted by Gasteiger charge is 2.42. The second-order valence-electron chi connectivity index (χ2n) is 10.1. The van der Waals surface area contributed by atoms with Crippen LogP contribution in [-0.2, 0) is 19.1 Å². The van der Waals surface area contributed by atoms with Crippen LogP contribution in [0.4, 0.5) is 0 Å². The minimum Gasteiger partial charge on any atom is -0.493 e. The number of ether oxygens (including phenoxy) is 4. The molecule has 3 aliphatic heterocycles. The first kappa shape index (κ1) is 27.1. The minimum atomic E-state index is -0.683. The quantitative estimate of drug-likeness (QED) is 0.498. The molecule has 4 rings (SSSR count). The maximum absolute atomic E-state index is 13.5. The van der Waals surface area contributed by atoms with Gasteiger partial charge in [-0.1, -0.05) is 17.8 Å². The number of esters is 1. The summed E-state index contributed by atoms with van der Waals surface area (Å²) in [6.07, 6.45) is 2.17. The fourth-order valence-corrected chi connectivity index (χ4v) is 5.53. The summed E-state index contributed by atoms with van der Waals surface area (Å²) in [7, 11) is 3.15. The molecule has 1 aromatic carbocycles. The molecule has 1 amide bonds. The Morgan fingerprint density at radius 2 is 1.97 bits per heavy atom. The van der Waals surface area contributed by atoms with E-state index in [0.29, 0.717) is 34.5 Å². The van der Waals surface area contributed by atoms with Gasteiger partial charge in [-0.25, -0.2) is 9.79 Å². The number of carbonyl (C=O) groups excluding carboxylic acids is 2. The van der Waals surface area contributed by atoms with Gasteiger partial charge in [-0.15, -0.1) is 0 Å². The number of rotatable bonds is 8. The van der Waals surface area contributed by atoms with E-state index in [4.69, 9.17) is 23.9 Å². The highest BCUT2D eigenvalue weighted by atomic mass is 32.2. The number of carbonyl (C=O) groups is 2. The summed E-state index contributed by atoms with van der Waals surface area (Å²) in [6.45, 7) is 8.53. The number of methoxy groups -OCH3 is 2. The first-order valence-corrected chi connectivity index (χ1v) is 13.3. The fourth-order valence-electron chi connectivity index (χ4n) is 4.56. The number of nitrogens with one attached hydrogen (secondary N) is 1. The smallest absolute Gasteiger partial charge is 0.338 e. The lowest BCUT2D eigenvalue weighted by Crippen LogP contribution is -2.39. The van der Waals surface area contributed by atoms with Crippen molar-refractivity contribution >= 4 is 28.8 Å². The van der Waals surface area contributed by atoms with E-state index in [1.165, 1.54) is 11.8 Å². The fraction of sp³-hybridized carbons (Fsp3) is 0.519. The number of fused-ring (bicyclic) bond motifs is 1. The lowest BCUT2D eigenvalue weighted by molar-refractivity contribution is -0.150. The summed E-state index contributed by atoms with van der Waals surface area (Å²) in [5.41, 5.74) is 1.85. The number of benzene rings is 1. The Labute approximate surface area is 222 Å². The first-order valence-electron chi connectivity index (χ1n) is 12.4. The first-order chi connectivity index (χ1) is 17.6. The number of thioether (sulfide) groups is 1. The van der Waals surface area contributed by atoms with Crippen molar-refractivity contribution in [2.45, 2.75) is 64.7 Å². The highest BCUT2D eigenvalue weighted by Crippen LogP contribution is 2.46. The van der Waals surface area contributed by atoms with Crippen LogP contribution in [0.25, 0.3) is 0 Å². The predicted molar refractivity (Wildman–Crippen MR) is 142 cm³/mol. The SMILES string of the molecule is COc1ccc([C@@H]2C(C(=O)OC(C)(C)C)=C(C)N=C3SC=C(CC(=O)NC[C@H]4CCCO4)N32)cc1OC. The average molecular weight is 530 g/mol. The molecule has 0 aromatic heterocycles. The van der Waals surface area contributed by atoms with E-state index in [9.17, 15) is 9.59 Å². The highest BCUT2D eigenvalue weighted by molar-refractivity contribution is 8.16. The monoisotopic (exact) mass is 529 g/mol. The molecule has 1 fully saturated rings. The summed E-state index contributed by atoms with van der Waals surface area (Å²) in [5.74, 6) is 0.555. The largest absolute Gasteiger partial charge is 0.493 e. The molecule has 0 saturated carbocycles. The minimum absolute atomic E-state index is 0.0619. The van der Waals surface area contributed by atoms with Gasteiger partial charge in [-0.3, -0.25) is 4.79 Å². The molecular formula is C27H35N3O6S. The predicted octanol–water partition coefficient (Wildman–Crippen LogP) is 4.31. The normalized spacial score (nSPS) is 21.3. The van der Waals surface area contributed by atoms with E-state index < -0.39 is 17.6 Å². The maximum Gasteiger partial charge on any atom is 0.338 e. The van der Waals surface area contributed by atoms with Gasteiger partial charge in [0.05, 0.1) is 44.1 Å². The van der Waals surface area contributed by atoms with Gasteiger partial charge in [0, 0.05) is 18.8 Å². The summed E-state index contributed by atoms with van der Waals surface area (Å²) in [5, 5.41) is 5.61. The molecular weight excluding hydrogens is 494 g/mol. The molecule has 1 aromatic rings. The summed E-state index contributed by atoms with van der Waals surface area (Å²) >= 11 is 1.43. The molecule has 37 heavy (non-hydrogen) atoms. The zero-order valence-electron chi connectivity index (χ0n) is 22.3. The van der Waals surface area contributed by atoms with E-state index in [1.807, 2.05) is 56.2 Å². The van der Waals surface area contributed by atoms with Crippen LogP contribution < -0.4 is 14.8 Å². The van der Waals surface area contributed by atoms with Gasteiger partial charge < -0.3 is 29.2 Å². The van der Waals surface area contributed by atoms with Crippen LogP contribution in [0.3, 0.4) is 0 Å². The Morgan fingerprint density at radius 3 is 2.62 bits per heavy atom. The Bertz CT molecular complexity index is 1150. The van der Waals surface area contributed by atoms with E-state index in [0.717, 1.165) is 30.7 Å². The van der Waals surface area contributed by atoms with Crippen molar-refractivity contribution < 1.29 is 28.5 Å². The van der Waals surface area contributed by atoms with Crippen molar-refractivity contribution in [1.29, 1.82) is 0 Å². The van der Waals surface area contributed by atoms with Crippen LogP contribution in [0.15, 0.2) is 45.6 Å². The van der Waals surface area contributed by atoms with Gasteiger partial charge in [0.15, 0.2) is 16.7 Å². The molecule has 0 aliphatic carbocycles. The zero-order chi connectivity index (χ0) is 26.7. The Hall–Kier alpha value is -2.98. The van der Waals surface area contributed by atoms with Crippen molar-refractivity contribution in [2.24, 2.45) is 4.99 Å². The van der Waals surface area contributed by atoms with E-state index >= 15 is 0 Å². The van der Waals surface area contributed by atoms with Crippen LogP contribution in [-0.4, -0.2) is 61.0 Å². The van der Waals surface area contributed by atoms with Crippen LogP contribution in [0, 0.1) is 0 Å². The second-order valence-corrected chi connectivity index (χ2v) is 11.0. The van der Waals surface area contributed by atoms with Crippen LogP contribution in [0.2, 0.25) is 0 Å². The molecule has 10 heteroatoms. The summed E-state index contributed by atoms with van der Waals surface area (Å²) in [4.78, 5) is 33.1. The molecule has 200 valence electrons. The second kappa shape index (κ2) is 11.2. The third-order valence-corrected chi connectivity index (χ3v) is 7.12. The maximum atomic E-state index is 13.5. The standard InChI is InChI=1S/C27H35N3O6S/c1-16-23(25(32)36-27(2,3)4)24(17-9-10-20(33-5)21(12-17)34-6)30-18(15-37-26(30)29-16)13-22(31)28-14-19-8-7-11-35-19/h9-10,12,15,19,24H,7-8,11,13-14H2,1-6H3,(H,28,31)/t19-,24-/m1/s1. The third-order valence-electron chi connectivity index (χ3n) is 6.24. The molecule has 1 saturated heterocycles. The number of nitrogens with zero attached hydrogens (tertiary/aromatic N) is 2.